The lowest BCUT2D eigenvalue weighted by atomic mass is 10.2. The molecular weight excluding hydrogens is 456 g/mol. The first-order valence-corrected chi connectivity index (χ1v) is 12.9. The van der Waals surface area contributed by atoms with Crippen LogP contribution in [-0.2, 0) is 14.8 Å². The van der Waals surface area contributed by atoms with E-state index in [2.05, 4.69) is 11.9 Å². The molecule has 8 heteroatoms. The third kappa shape index (κ3) is 6.40. The maximum atomic E-state index is 13.5. The van der Waals surface area contributed by atoms with Crippen LogP contribution in [0.4, 0.5) is 11.4 Å². The van der Waals surface area contributed by atoms with Crippen molar-refractivity contribution in [1.29, 1.82) is 0 Å². The number of rotatable bonds is 10. The molecule has 6 nitrogen and oxygen atoms in total. The molecule has 0 bridgehead atoms. The quantitative estimate of drug-likeness (QED) is 0.321. The maximum Gasteiger partial charge on any atom is 0.264 e. The van der Waals surface area contributed by atoms with E-state index in [1.807, 2.05) is 25.3 Å². The second-order valence-electron chi connectivity index (χ2n) is 7.19. The monoisotopic (exact) mass is 482 g/mol. The van der Waals surface area contributed by atoms with Crippen molar-refractivity contribution in [3.63, 3.8) is 0 Å². The summed E-state index contributed by atoms with van der Waals surface area (Å²) in [5.41, 5.74) is 1.94. The second-order valence-corrected chi connectivity index (χ2v) is 9.94. The molecule has 3 rings (SSSR count). The smallest absolute Gasteiger partial charge is 0.264 e. The van der Waals surface area contributed by atoms with Crippen molar-refractivity contribution >= 4 is 39.1 Å². The van der Waals surface area contributed by atoms with Crippen molar-refractivity contribution < 1.29 is 17.9 Å². The van der Waals surface area contributed by atoms with Crippen LogP contribution in [0.5, 0.6) is 5.75 Å². The first-order valence-electron chi connectivity index (χ1n) is 10.2. The molecule has 3 aromatic carbocycles. The number of hydrogen-bond donors (Lipinski definition) is 1. The van der Waals surface area contributed by atoms with Gasteiger partial charge in [0.05, 0.1) is 10.6 Å². The summed E-state index contributed by atoms with van der Waals surface area (Å²) < 4.78 is 33.5. The highest BCUT2D eigenvalue weighted by Gasteiger charge is 2.27. The Labute approximate surface area is 199 Å². The van der Waals surface area contributed by atoms with Crippen molar-refractivity contribution in [3.05, 3.63) is 91.0 Å². The summed E-state index contributed by atoms with van der Waals surface area (Å²) in [6, 6.07) is 20.5. The van der Waals surface area contributed by atoms with Gasteiger partial charge in [-0.15, -0.1) is 11.8 Å². The SMILES string of the molecule is C=CCOc1ccc(NC(=O)CN(c2ccc(C)cc2)S(=O)(=O)c2ccc(SC)cc2)cc1. The van der Waals surface area contributed by atoms with Crippen LogP contribution in [0.15, 0.2) is 95.2 Å². The number of anilines is 2. The van der Waals surface area contributed by atoms with E-state index in [1.165, 1.54) is 11.8 Å². The highest BCUT2D eigenvalue weighted by atomic mass is 32.2. The van der Waals surface area contributed by atoms with Gasteiger partial charge >= 0.3 is 0 Å². The van der Waals surface area contributed by atoms with Crippen LogP contribution in [-0.4, -0.2) is 33.7 Å². The topological polar surface area (TPSA) is 75.7 Å². The zero-order chi connectivity index (χ0) is 23.8. The van der Waals surface area contributed by atoms with Gasteiger partial charge in [-0.25, -0.2) is 8.42 Å². The number of sulfonamides is 1. The summed E-state index contributed by atoms with van der Waals surface area (Å²) in [6.45, 7) is 5.53. The first-order chi connectivity index (χ1) is 15.8. The average Bonchev–Trinajstić information content (AvgIpc) is 2.83. The van der Waals surface area contributed by atoms with E-state index in [9.17, 15) is 13.2 Å². The number of nitrogens with zero attached hydrogens (tertiary/aromatic N) is 1. The molecule has 0 heterocycles. The molecule has 0 aliphatic heterocycles. The summed E-state index contributed by atoms with van der Waals surface area (Å²) in [5.74, 6) is 0.185. The normalized spacial score (nSPS) is 11.0. The lowest BCUT2D eigenvalue weighted by Crippen LogP contribution is -2.38. The summed E-state index contributed by atoms with van der Waals surface area (Å²) in [5, 5.41) is 2.75. The molecule has 0 saturated heterocycles. The highest BCUT2D eigenvalue weighted by molar-refractivity contribution is 7.98. The number of carbonyl (C=O) groups is 1. The molecular formula is C25H26N2O4S2. The number of amides is 1. The van der Waals surface area contributed by atoms with Crippen molar-refractivity contribution in [2.75, 3.05) is 29.0 Å². The Hall–Kier alpha value is -3.23. The van der Waals surface area contributed by atoms with Gasteiger partial charge in [0, 0.05) is 10.6 Å². The van der Waals surface area contributed by atoms with Gasteiger partial charge < -0.3 is 10.1 Å². The maximum absolute atomic E-state index is 13.5. The fourth-order valence-corrected chi connectivity index (χ4v) is 4.85. The fraction of sp³-hybridized carbons (Fsp3) is 0.160. The minimum atomic E-state index is -3.96. The van der Waals surface area contributed by atoms with Crippen LogP contribution in [0.1, 0.15) is 5.56 Å². The molecule has 3 aromatic rings. The van der Waals surface area contributed by atoms with E-state index in [4.69, 9.17) is 4.74 Å². The third-order valence-corrected chi connectivity index (χ3v) is 7.29. The molecule has 0 unspecified atom stereocenters. The number of nitrogens with one attached hydrogen (secondary N) is 1. The molecule has 0 aliphatic rings. The molecule has 1 amide bonds. The van der Waals surface area contributed by atoms with Crippen molar-refractivity contribution in [1.82, 2.24) is 0 Å². The lowest BCUT2D eigenvalue weighted by Gasteiger charge is -2.24. The van der Waals surface area contributed by atoms with Crippen LogP contribution in [0.3, 0.4) is 0 Å². The molecule has 172 valence electrons. The molecule has 0 fully saturated rings. The summed E-state index contributed by atoms with van der Waals surface area (Å²) in [7, 11) is -3.96. The first kappa shape index (κ1) is 24.4. The van der Waals surface area contributed by atoms with Crippen LogP contribution < -0.4 is 14.4 Å². The van der Waals surface area contributed by atoms with Crippen molar-refractivity contribution in [2.45, 2.75) is 16.7 Å². The Kier molecular flexibility index (Phi) is 8.19. The largest absolute Gasteiger partial charge is 0.490 e. The molecule has 0 saturated carbocycles. The van der Waals surface area contributed by atoms with E-state index >= 15 is 0 Å². The standard InChI is InChI=1S/C25H26N2O4S2/c1-4-17-31-22-11-7-20(8-12-22)26-25(28)18-27(21-9-5-19(2)6-10-21)33(29,30)24-15-13-23(32-3)14-16-24/h4-16H,1,17-18H2,2-3H3,(H,26,28). The van der Waals surface area contributed by atoms with Crippen LogP contribution >= 0.6 is 11.8 Å². The Morgan fingerprint density at radius 3 is 2.24 bits per heavy atom. The van der Waals surface area contributed by atoms with Gasteiger partial charge in [0.2, 0.25) is 5.91 Å². The van der Waals surface area contributed by atoms with Gasteiger partial charge in [-0.1, -0.05) is 30.4 Å². The van der Waals surface area contributed by atoms with E-state index in [0.29, 0.717) is 23.7 Å². The molecule has 0 radical (unpaired) electrons. The highest BCUT2D eigenvalue weighted by Crippen LogP contribution is 2.26. The van der Waals surface area contributed by atoms with Crippen molar-refractivity contribution in [3.8, 4) is 5.75 Å². The molecule has 33 heavy (non-hydrogen) atoms. The minimum absolute atomic E-state index is 0.123. The number of benzene rings is 3. The van der Waals surface area contributed by atoms with E-state index in [-0.39, 0.29) is 11.4 Å². The van der Waals surface area contributed by atoms with Gasteiger partial charge in [0.15, 0.2) is 0 Å². The summed E-state index contributed by atoms with van der Waals surface area (Å²) in [6.07, 6.45) is 3.56. The number of carbonyl (C=O) groups excluding carboxylic acids is 1. The number of aryl methyl sites for hydroxylation is 1. The zero-order valence-corrected chi connectivity index (χ0v) is 20.2. The number of hydrogen-bond acceptors (Lipinski definition) is 5. The molecule has 0 atom stereocenters. The molecule has 0 aromatic heterocycles. The van der Waals surface area contributed by atoms with Crippen LogP contribution in [0, 0.1) is 6.92 Å². The predicted molar refractivity (Wildman–Crippen MR) is 135 cm³/mol. The van der Waals surface area contributed by atoms with E-state index < -0.39 is 15.9 Å². The van der Waals surface area contributed by atoms with Gasteiger partial charge in [0.25, 0.3) is 10.0 Å². The Bertz CT molecular complexity index is 1190. The Morgan fingerprint density at radius 2 is 1.67 bits per heavy atom. The van der Waals surface area contributed by atoms with Crippen LogP contribution in [0.2, 0.25) is 0 Å². The Balaban J connectivity index is 1.84. The molecule has 0 spiro atoms. The third-order valence-electron chi connectivity index (χ3n) is 4.76. The summed E-state index contributed by atoms with van der Waals surface area (Å²) >= 11 is 1.53. The van der Waals surface area contributed by atoms with Gasteiger partial charge in [-0.2, -0.15) is 0 Å². The molecule has 1 N–H and O–H groups in total. The van der Waals surface area contributed by atoms with E-state index in [1.54, 1.807) is 66.7 Å². The van der Waals surface area contributed by atoms with Gasteiger partial charge in [-0.3, -0.25) is 9.10 Å². The average molecular weight is 483 g/mol. The number of ether oxygens (including phenoxy) is 1. The predicted octanol–water partition coefficient (Wildman–Crippen LogP) is 5.12. The van der Waals surface area contributed by atoms with Crippen LogP contribution in [0.25, 0.3) is 0 Å². The zero-order valence-electron chi connectivity index (χ0n) is 18.5. The number of thioether (sulfide) groups is 1. The van der Waals surface area contributed by atoms with Crippen molar-refractivity contribution in [2.24, 2.45) is 0 Å². The van der Waals surface area contributed by atoms with Gasteiger partial charge in [0.1, 0.15) is 18.9 Å². The minimum Gasteiger partial charge on any atom is -0.490 e. The lowest BCUT2D eigenvalue weighted by molar-refractivity contribution is -0.114. The van der Waals surface area contributed by atoms with E-state index in [0.717, 1.165) is 14.8 Å². The Morgan fingerprint density at radius 1 is 1.03 bits per heavy atom. The van der Waals surface area contributed by atoms with Gasteiger partial charge in [-0.05, 0) is 73.8 Å². The fourth-order valence-electron chi connectivity index (χ4n) is 3.02. The second kappa shape index (κ2) is 11.1. The summed E-state index contributed by atoms with van der Waals surface area (Å²) in [4.78, 5) is 13.9. The molecule has 0 aliphatic carbocycles.